The molecular weight excluding hydrogens is 474 g/mol. The van der Waals surface area contributed by atoms with Crippen LogP contribution in [0.1, 0.15) is 73.6 Å². The van der Waals surface area contributed by atoms with Crippen LogP contribution in [0.25, 0.3) is 0 Å². The van der Waals surface area contributed by atoms with Crippen molar-refractivity contribution in [3.05, 3.63) is 72.8 Å². The second-order valence-corrected chi connectivity index (χ2v) is 16.4. The highest BCUT2D eigenvalue weighted by Gasteiger charge is 2.54. The molecule has 4 nitrogen and oxygen atoms in total. The van der Waals surface area contributed by atoms with Gasteiger partial charge in [0, 0.05) is 11.3 Å². The third-order valence-electron chi connectivity index (χ3n) is 9.11. The largest absolute Gasteiger partial charge is 0.424 e. The number of allylic oxidation sites excluding steroid dienone is 2. The van der Waals surface area contributed by atoms with Crippen LogP contribution in [0.5, 0.6) is 0 Å². The third kappa shape index (κ3) is 5.68. The number of amides is 1. The first-order valence-electron chi connectivity index (χ1n) is 13.6. The second kappa shape index (κ2) is 11.1. The van der Waals surface area contributed by atoms with E-state index in [0.29, 0.717) is 12.8 Å². The summed E-state index contributed by atoms with van der Waals surface area (Å²) < 4.78 is 0. The molecule has 0 aromatic heterocycles. The normalized spacial score (nSPS) is 21.4. The summed E-state index contributed by atoms with van der Waals surface area (Å²) in [5, 5.41) is 1.52. The van der Waals surface area contributed by atoms with E-state index in [1.165, 1.54) is 0 Å². The summed E-state index contributed by atoms with van der Waals surface area (Å²) in [5.41, 5.74) is 4.78. The fourth-order valence-electron chi connectivity index (χ4n) is 6.24. The number of rotatable bonds is 11. The summed E-state index contributed by atoms with van der Waals surface area (Å²) in [6.07, 6.45) is 7.49. The van der Waals surface area contributed by atoms with Crippen LogP contribution >= 0.6 is 0 Å². The molecule has 0 bridgehead atoms. The van der Waals surface area contributed by atoms with E-state index in [1.54, 1.807) is 6.08 Å². The van der Waals surface area contributed by atoms with Gasteiger partial charge in [-0.25, -0.2) is 0 Å². The predicted molar refractivity (Wildman–Crippen MR) is 155 cm³/mol. The Labute approximate surface area is 224 Å². The minimum Gasteiger partial charge on any atom is -0.424 e. The lowest BCUT2D eigenvalue weighted by Gasteiger charge is -2.49. The predicted octanol–water partition coefficient (Wildman–Crippen LogP) is 5.38. The highest BCUT2D eigenvalue weighted by Crippen LogP contribution is 2.53. The molecular formula is C32H45NO3Si. The molecule has 0 radical (unpaired) electrons. The van der Waals surface area contributed by atoms with Gasteiger partial charge in [0.15, 0.2) is 5.78 Å². The van der Waals surface area contributed by atoms with Crippen molar-refractivity contribution in [1.29, 1.82) is 0 Å². The molecule has 3 N–H and O–H groups in total. The van der Waals surface area contributed by atoms with Crippen LogP contribution < -0.4 is 16.1 Å². The first kappa shape index (κ1) is 29.1. The molecule has 5 heteroatoms. The van der Waals surface area contributed by atoms with Gasteiger partial charge in [0.1, 0.15) is 0 Å². The summed E-state index contributed by atoms with van der Waals surface area (Å²) >= 11 is 0. The molecule has 37 heavy (non-hydrogen) atoms. The van der Waals surface area contributed by atoms with Crippen LogP contribution in [-0.2, 0) is 9.59 Å². The SMILES string of the molecule is CCCC[C@@](C)(C[C@H]1C(=O)C=C[C@@H](CC(C)(C)[Si](O)(c2ccccc2)c2ccccc2)C1(C)C)C(N)=O. The second-order valence-electron chi connectivity index (χ2n) is 12.5. The number of hydrogen-bond acceptors (Lipinski definition) is 3. The van der Waals surface area contributed by atoms with Gasteiger partial charge in [-0.05, 0) is 52.1 Å². The van der Waals surface area contributed by atoms with E-state index in [-0.39, 0.29) is 23.5 Å². The molecule has 0 heterocycles. The lowest BCUT2D eigenvalue weighted by molar-refractivity contribution is -0.132. The summed E-state index contributed by atoms with van der Waals surface area (Å²) in [4.78, 5) is 38.4. The minimum absolute atomic E-state index is 0.0555. The monoisotopic (exact) mass is 519 g/mol. The fraction of sp³-hybridized carbons (Fsp3) is 0.500. The number of ketones is 1. The molecule has 0 spiro atoms. The molecule has 1 aliphatic rings. The van der Waals surface area contributed by atoms with Crippen LogP contribution in [0.4, 0.5) is 0 Å². The van der Waals surface area contributed by atoms with E-state index in [2.05, 4.69) is 34.6 Å². The van der Waals surface area contributed by atoms with Crippen molar-refractivity contribution in [3.63, 3.8) is 0 Å². The molecule has 2 aromatic carbocycles. The lowest BCUT2D eigenvalue weighted by Crippen LogP contribution is -2.66. The smallest absolute Gasteiger partial charge is 0.258 e. The van der Waals surface area contributed by atoms with Crippen molar-refractivity contribution in [2.75, 3.05) is 0 Å². The van der Waals surface area contributed by atoms with Crippen molar-refractivity contribution >= 4 is 30.4 Å². The maximum absolute atomic E-state index is 13.3. The van der Waals surface area contributed by atoms with Crippen LogP contribution in [0, 0.1) is 22.7 Å². The van der Waals surface area contributed by atoms with Gasteiger partial charge in [-0.3, -0.25) is 9.59 Å². The highest BCUT2D eigenvalue weighted by molar-refractivity contribution is 6.98. The van der Waals surface area contributed by atoms with E-state index >= 15 is 0 Å². The minimum atomic E-state index is -3.19. The van der Waals surface area contributed by atoms with Crippen molar-refractivity contribution in [2.45, 2.75) is 78.7 Å². The number of hydrogen-bond donors (Lipinski definition) is 2. The van der Waals surface area contributed by atoms with Gasteiger partial charge in [-0.1, -0.05) is 121 Å². The van der Waals surface area contributed by atoms with E-state index in [0.717, 1.165) is 29.6 Å². The molecule has 3 atom stereocenters. The molecule has 0 unspecified atom stereocenters. The molecule has 1 aliphatic carbocycles. The van der Waals surface area contributed by atoms with Crippen LogP contribution in [0.2, 0.25) is 5.04 Å². The van der Waals surface area contributed by atoms with E-state index in [9.17, 15) is 14.4 Å². The molecule has 0 saturated heterocycles. The Morgan fingerprint density at radius 3 is 1.95 bits per heavy atom. The van der Waals surface area contributed by atoms with Crippen LogP contribution in [-0.4, -0.2) is 24.8 Å². The van der Waals surface area contributed by atoms with Gasteiger partial charge < -0.3 is 10.5 Å². The Morgan fingerprint density at radius 1 is 0.973 bits per heavy atom. The van der Waals surface area contributed by atoms with Crippen molar-refractivity contribution < 1.29 is 14.4 Å². The van der Waals surface area contributed by atoms with Crippen LogP contribution in [0.3, 0.4) is 0 Å². The number of unbranched alkanes of at least 4 members (excludes halogenated alkanes) is 1. The zero-order valence-corrected chi connectivity index (χ0v) is 24.5. The Kier molecular flexibility index (Phi) is 8.70. The van der Waals surface area contributed by atoms with E-state index in [4.69, 9.17) is 5.73 Å². The Balaban J connectivity index is 2.00. The number of carbonyl (C=O) groups is 2. The number of primary amides is 1. The molecule has 200 valence electrons. The standard InChI is InChI=1S/C32H45NO3Si/c1-7-8-21-32(6,29(33)35)23-27-28(34)20-19-24(31(27,4)5)22-30(2,3)37(36,25-15-11-9-12-16-25)26-17-13-10-14-18-26/h9-20,24,27,36H,7-8,21-23H2,1-6H3,(H2,33,35)/t24-,27-,32-/m0/s1. The van der Waals surface area contributed by atoms with E-state index < -0.39 is 24.2 Å². The Bertz CT molecular complexity index is 1070. The molecule has 3 rings (SSSR count). The first-order chi connectivity index (χ1) is 17.3. The molecule has 2 aromatic rings. The average molecular weight is 520 g/mol. The zero-order chi connectivity index (χ0) is 27.5. The van der Waals surface area contributed by atoms with Gasteiger partial charge >= 0.3 is 0 Å². The third-order valence-corrected chi connectivity index (χ3v) is 13.6. The maximum atomic E-state index is 13.3. The maximum Gasteiger partial charge on any atom is 0.258 e. The molecule has 0 saturated carbocycles. The summed E-state index contributed by atoms with van der Waals surface area (Å²) in [5.74, 6) is -0.511. The molecule has 1 amide bonds. The van der Waals surface area contributed by atoms with Gasteiger partial charge in [-0.2, -0.15) is 0 Å². The topological polar surface area (TPSA) is 80.4 Å². The number of nitrogens with two attached hydrogens (primary N) is 1. The summed E-state index contributed by atoms with van der Waals surface area (Å²) in [6, 6.07) is 20.1. The fourth-order valence-corrected chi connectivity index (χ4v) is 10.0. The highest BCUT2D eigenvalue weighted by atomic mass is 28.4. The average Bonchev–Trinajstić information content (AvgIpc) is 2.87. The lowest BCUT2D eigenvalue weighted by atomic mass is 9.58. The number of benzene rings is 2. The van der Waals surface area contributed by atoms with E-state index in [1.807, 2.05) is 73.7 Å². The number of carbonyl (C=O) groups excluding carboxylic acids is 2. The molecule has 0 fully saturated rings. The summed E-state index contributed by atoms with van der Waals surface area (Å²) in [6.45, 7) is 12.6. The summed E-state index contributed by atoms with van der Waals surface area (Å²) in [7, 11) is -3.19. The molecule has 0 aliphatic heterocycles. The van der Waals surface area contributed by atoms with Gasteiger partial charge in [-0.15, -0.1) is 0 Å². The van der Waals surface area contributed by atoms with Crippen LogP contribution in [0.15, 0.2) is 72.8 Å². The van der Waals surface area contributed by atoms with Crippen molar-refractivity contribution in [3.8, 4) is 0 Å². The van der Waals surface area contributed by atoms with Crippen molar-refractivity contribution in [2.24, 2.45) is 28.4 Å². The van der Waals surface area contributed by atoms with Gasteiger partial charge in [0.2, 0.25) is 5.91 Å². The van der Waals surface area contributed by atoms with Gasteiger partial charge in [0.25, 0.3) is 8.32 Å². The Morgan fingerprint density at radius 2 is 1.49 bits per heavy atom. The van der Waals surface area contributed by atoms with Crippen molar-refractivity contribution in [1.82, 2.24) is 0 Å². The first-order valence-corrected chi connectivity index (χ1v) is 15.6. The quantitative estimate of drug-likeness (QED) is 0.391. The Hall–Kier alpha value is -2.50. The van der Waals surface area contributed by atoms with Gasteiger partial charge in [0.05, 0.1) is 0 Å². The zero-order valence-electron chi connectivity index (χ0n) is 23.5.